The summed E-state index contributed by atoms with van der Waals surface area (Å²) in [6.45, 7) is 0. The maximum Gasteiger partial charge on any atom is 0.274 e. The molecule has 0 fully saturated rings. The first-order valence-corrected chi connectivity index (χ1v) is 12.5. The molecule has 1 aromatic heterocycles. The predicted molar refractivity (Wildman–Crippen MR) is 127 cm³/mol. The molecule has 0 saturated carbocycles. The molecule has 0 aliphatic rings. The first-order valence-electron chi connectivity index (χ1n) is 8.80. The lowest BCUT2D eigenvalue weighted by atomic mass is 10.1. The number of halogens is 1. The number of rotatable bonds is 4. The average molecular weight is 493 g/mol. The first kappa shape index (κ1) is 23.3. The SMILES string of the molecule is CN(O)C(=S)SCC#Cc1nc(-c2ccc(S(C)(=O)=O)cc2)c(-c2ccc(Cl)cc2)o1. The normalized spacial score (nSPS) is 11.0. The van der Waals surface area contributed by atoms with Crippen molar-refractivity contribution in [1.82, 2.24) is 10.0 Å². The van der Waals surface area contributed by atoms with Gasteiger partial charge < -0.3 is 4.42 Å². The van der Waals surface area contributed by atoms with Gasteiger partial charge in [0.2, 0.25) is 0 Å². The minimum atomic E-state index is -3.31. The highest BCUT2D eigenvalue weighted by atomic mass is 35.5. The Kier molecular flexibility index (Phi) is 7.41. The molecule has 31 heavy (non-hydrogen) atoms. The maximum atomic E-state index is 11.7. The fraction of sp³-hybridized carbons (Fsp3) is 0.143. The van der Waals surface area contributed by atoms with Gasteiger partial charge in [-0.15, -0.1) is 0 Å². The van der Waals surface area contributed by atoms with E-state index >= 15 is 0 Å². The van der Waals surface area contributed by atoms with Crippen molar-refractivity contribution in [2.45, 2.75) is 4.90 Å². The minimum absolute atomic E-state index is 0.205. The van der Waals surface area contributed by atoms with Gasteiger partial charge in [0.05, 0.1) is 10.6 Å². The van der Waals surface area contributed by atoms with Crippen LogP contribution in [0.4, 0.5) is 0 Å². The largest absolute Gasteiger partial charge is 0.429 e. The molecular weight excluding hydrogens is 476 g/mol. The van der Waals surface area contributed by atoms with Crippen LogP contribution >= 0.6 is 35.6 Å². The van der Waals surface area contributed by atoms with Crippen LogP contribution in [-0.2, 0) is 9.84 Å². The molecule has 0 spiro atoms. The Bertz CT molecular complexity index is 1260. The Balaban J connectivity index is 1.97. The van der Waals surface area contributed by atoms with E-state index in [2.05, 4.69) is 16.8 Å². The highest BCUT2D eigenvalue weighted by Crippen LogP contribution is 2.33. The Morgan fingerprint density at radius 3 is 2.39 bits per heavy atom. The van der Waals surface area contributed by atoms with E-state index in [0.29, 0.717) is 32.1 Å². The third-order valence-corrected chi connectivity index (χ3v) is 6.81. The topological polar surface area (TPSA) is 83.6 Å². The van der Waals surface area contributed by atoms with Crippen LogP contribution in [0.1, 0.15) is 5.89 Å². The first-order chi connectivity index (χ1) is 14.6. The molecule has 2 aromatic carbocycles. The van der Waals surface area contributed by atoms with E-state index in [1.165, 1.54) is 30.9 Å². The third-order valence-electron chi connectivity index (χ3n) is 4.02. The second-order valence-corrected chi connectivity index (χ2v) is 10.4. The molecule has 6 nitrogen and oxygen atoms in total. The Morgan fingerprint density at radius 2 is 1.81 bits per heavy atom. The fourth-order valence-electron chi connectivity index (χ4n) is 2.53. The number of thioether (sulfide) groups is 1. The van der Waals surface area contributed by atoms with E-state index in [4.69, 9.17) is 28.2 Å². The molecule has 1 heterocycles. The van der Waals surface area contributed by atoms with Crippen molar-refractivity contribution in [1.29, 1.82) is 0 Å². The number of aromatic nitrogens is 1. The van der Waals surface area contributed by atoms with Crippen molar-refractivity contribution >= 4 is 49.7 Å². The number of benzene rings is 2. The number of oxazole rings is 1. The summed E-state index contributed by atoms with van der Waals surface area (Å²) in [5.74, 6) is 6.80. The van der Waals surface area contributed by atoms with Gasteiger partial charge in [-0.2, -0.15) is 0 Å². The molecule has 0 aliphatic carbocycles. The second kappa shape index (κ2) is 9.85. The molecule has 0 amide bonds. The zero-order chi connectivity index (χ0) is 22.6. The number of thiocarbonyl (C=S) groups is 1. The number of hydroxylamine groups is 2. The quantitative estimate of drug-likeness (QED) is 0.317. The lowest BCUT2D eigenvalue weighted by Gasteiger charge is -2.07. The molecule has 0 saturated heterocycles. The minimum Gasteiger partial charge on any atom is -0.429 e. The Morgan fingerprint density at radius 1 is 1.19 bits per heavy atom. The van der Waals surface area contributed by atoms with E-state index in [-0.39, 0.29) is 10.8 Å². The van der Waals surface area contributed by atoms with Crippen molar-refractivity contribution in [3.63, 3.8) is 0 Å². The summed E-state index contributed by atoms with van der Waals surface area (Å²) < 4.78 is 29.7. The van der Waals surface area contributed by atoms with Crippen molar-refractivity contribution in [2.75, 3.05) is 19.1 Å². The van der Waals surface area contributed by atoms with Crippen LogP contribution in [0.5, 0.6) is 0 Å². The molecule has 0 aliphatic heterocycles. The van der Waals surface area contributed by atoms with Crippen LogP contribution in [0.15, 0.2) is 57.8 Å². The highest BCUT2D eigenvalue weighted by molar-refractivity contribution is 8.23. The zero-order valence-corrected chi connectivity index (χ0v) is 19.7. The third kappa shape index (κ3) is 6.09. The van der Waals surface area contributed by atoms with Gasteiger partial charge in [-0.05, 0) is 42.3 Å². The number of hydrogen-bond donors (Lipinski definition) is 1. The van der Waals surface area contributed by atoms with Gasteiger partial charge in [0.25, 0.3) is 5.89 Å². The summed E-state index contributed by atoms with van der Waals surface area (Å²) >= 11 is 12.2. The standard InChI is InChI=1S/C21H17ClN2O4S3/c1-24(25)21(29)30-13-3-4-18-23-19(14-7-11-17(12-8-14)31(2,26)27)20(28-18)15-5-9-16(22)10-6-15/h5-12,25H,13H2,1-2H3. The second-order valence-electron chi connectivity index (χ2n) is 6.38. The van der Waals surface area contributed by atoms with Gasteiger partial charge in [-0.1, -0.05) is 53.6 Å². The van der Waals surface area contributed by atoms with E-state index < -0.39 is 9.84 Å². The number of hydrogen-bond acceptors (Lipinski definition) is 7. The molecule has 160 valence electrons. The van der Waals surface area contributed by atoms with Gasteiger partial charge in [0.15, 0.2) is 19.9 Å². The maximum absolute atomic E-state index is 11.7. The molecule has 3 rings (SSSR count). The molecule has 3 aromatic rings. The number of sulfone groups is 1. The van der Waals surface area contributed by atoms with Crippen LogP contribution in [0.3, 0.4) is 0 Å². The molecule has 0 atom stereocenters. The van der Waals surface area contributed by atoms with Gasteiger partial charge in [-0.25, -0.2) is 18.5 Å². The number of nitrogens with zero attached hydrogens (tertiary/aromatic N) is 2. The summed E-state index contributed by atoms with van der Waals surface area (Å²) in [7, 11) is -1.87. The van der Waals surface area contributed by atoms with Crippen molar-refractivity contribution < 1.29 is 18.0 Å². The van der Waals surface area contributed by atoms with Gasteiger partial charge in [-0.3, -0.25) is 5.21 Å². The predicted octanol–water partition coefficient (Wildman–Crippen LogP) is 4.76. The van der Waals surface area contributed by atoms with E-state index in [9.17, 15) is 13.6 Å². The Labute approximate surface area is 195 Å². The fourth-order valence-corrected chi connectivity index (χ4v) is 3.92. The van der Waals surface area contributed by atoms with Crippen LogP contribution in [0.2, 0.25) is 5.02 Å². The van der Waals surface area contributed by atoms with Crippen molar-refractivity contribution in [3.05, 3.63) is 59.4 Å². The average Bonchev–Trinajstić information content (AvgIpc) is 3.15. The van der Waals surface area contributed by atoms with Crippen LogP contribution in [-0.4, -0.2) is 47.0 Å². The van der Waals surface area contributed by atoms with Gasteiger partial charge >= 0.3 is 0 Å². The van der Waals surface area contributed by atoms with Crippen LogP contribution in [0.25, 0.3) is 22.6 Å². The van der Waals surface area contributed by atoms with Crippen LogP contribution in [0, 0.1) is 11.8 Å². The molecule has 0 unspecified atom stereocenters. The highest BCUT2D eigenvalue weighted by Gasteiger charge is 2.17. The van der Waals surface area contributed by atoms with Crippen LogP contribution < -0.4 is 0 Å². The van der Waals surface area contributed by atoms with Gasteiger partial charge in [0.1, 0.15) is 5.69 Å². The van der Waals surface area contributed by atoms with Gasteiger partial charge in [0, 0.05) is 29.5 Å². The Hall–Kier alpha value is -2.35. The van der Waals surface area contributed by atoms with Crippen molar-refractivity contribution in [3.8, 4) is 34.4 Å². The van der Waals surface area contributed by atoms with E-state index in [1.807, 2.05) is 0 Å². The van der Waals surface area contributed by atoms with E-state index in [1.54, 1.807) is 36.4 Å². The monoisotopic (exact) mass is 492 g/mol. The van der Waals surface area contributed by atoms with Crippen molar-refractivity contribution in [2.24, 2.45) is 0 Å². The molecule has 10 heteroatoms. The summed E-state index contributed by atoms with van der Waals surface area (Å²) in [5, 5.41) is 10.7. The molecule has 0 bridgehead atoms. The molecule has 0 radical (unpaired) electrons. The summed E-state index contributed by atoms with van der Waals surface area (Å²) in [6.07, 6.45) is 1.16. The lowest BCUT2D eigenvalue weighted by Crippen LogP contribution is -2.17. The molecular formula is C21H17ClN2O4S3. The summed E-state index contributed by atoms with van der Waals surface area (Å²) in [6, 6.07) is 13.5. The molecule has 1 N–H and O–H groups in total. The zero-order valence-electron chi connectivity index (χ0n) is 16.5. The summed E-state index contributed by atoms with van der Waals surface area (Å²) in [4.78, 5) is 4.72. The van der Waals surface area contributed by atoms with E-state index in [0.717, 1.165) is 16.9 Å². The smallest absolute Gasteiger partial charge is 0.274 e. The summed E-state index contributed by atoms with van der Waals surface area (Å²) in [5.41, 5.74) is 1.97. The lowest BCUT2D eigenvalue weighted by molar-refractivity contribution is 0.0205.